The summed E-state index contributed by atoms with van der Waals surface area (Å²) in [6.07, 6.45) is 3.95. The molecule has 0 unspecified atom stereocenters. The maximum atomic E-state index is 11.4. The molecule has 17 heavy (non-hydrogen) atoms. The van der Waals surface area contributed by atoms with Crippen LogP contribution in [0.4, 0.5) is 0 Å². The molecule has 0 radical (unpaired) electrons. The van der Waals surface area contributed by atoms with Gasteiger partial charge in [0.2, 0.25) is 11.5 Å². The fraction of sp³-hybridized carbons (Fsp3) is 0.727. The number of hydrogen-bond acceptors (Lipinski definition) is 5. The number of ketones is 1. The second-order valence-corrected chi connectivity index (χ2v) is 4.00. The Hall–Kier alpha value is -1.10. The molecule has 0 aromatic carbocycles. The maximum Gasteiger partial charge on any atom is 0.364 e. The van der Waals surface area contributed by atoms with Crippen LogP contribution in [0.15, 0.2) is 5.16 Å². The monoisotopic (exact) mass is 261 g/mol. The summed E-state index contributed by atoms with van der Waals surface area (Å²) in [6, 6.07) is 0. The Morgan fingerprint density at radius 2 is 2.00 bits per heavy atom. The zero-order valence-electron chi connectivity index (χ0n) is 9.78. The molecule has 0 saturated heterocycles. The first-order chi connectivity index (χ1) is 8.19. The summed E-state index contributed by atoms with van der Waals surface area (Å²) in [5.74, 6) is -1.68. The van der Waals surface area contributed by atoms with Crippen molar-refractivity contribution in [1.29, 1.82) is 0 Å². The molecule has 0 aliphatic heterocycles. The zero-order chi connectivity index (χ0) is 12.7. The van der Waals surface area contributed by atoms with Crippen LogP contribution in [0.3, 0.4) is 0 Å². The number of carbonyl (C=O) groups is 2. The molecular formula is C11H16ClNO4. The van der Waals surface area contributed by atoms with Crippen LogP contribution >= 0.6 is 11.6 Å². The summed E-state index contributed by atoms with van der Waals surface area (Å²) in [7, 11) is 0. The van der Waals surface area contributed by atoms with Gasteiger partial charge < -0.3 is 9.57 Å². The van der Waals surface area contributed by atoms with Crippen molar-refractivity contribution in [2.75, 3.05) is 12.5 Å². The van der Waals surface area contributed by atoms with Crippen LogP contribution in [0.25, 0.3) is 0 Å². The number of rotatable bonds is 6. The number of oxime groups is 1. The minimum Gasteiger partial charge on any atom is -0.461 e. The molecule has 0 heterocycles. The molecule has 1 saturated carbocycles. The fourth-order valence-electron chi connectivity index (χ4n) is 1.59. The summed E-state index contributed by atoms with van der Waals surface area (Å²) < 4.78 is 4.71. The van der Waals surface area contributed by atoms with Crippen molar-refractivity contribution < 1.29 is 19.2 Å². The number of hydrogen-bond donors (Lipinski definition) is 0. The van der Waals surface area contributed by atoms with E-state index < -0.39 is 11.8 Å². The van der Waals surface area contributed by atoms with E-state index in [1.807, 2.05) is 0 Å². The fourth-order valence-corrected chi connectivity index (χ4v) is 1.71. The van der Waals surface area contributed by atoms with Crippen LogP contribution in [0, 0.1) is 0 Å². The summed E-state index contributed by atoms with van der Waals surface area (Å²) in [5.41, 5.74) is -0.353. The standard InChI is InChI=1S/C11H16ClNO4/c1-2-16-11(15)10(9(14)7-12)13-17-8-5-3-4-6-8/h8H,2-7H2,1H3. The number of ether oxygens (including phenoxy) is 1. The van der Waals surface area contributed by atoms with Crippen LogP contribution in [0.5, 0.6) is 0 Å². The van der Waals surface area contributed by atoms with Crippen molar-refractivity contribution in [3.05, 3.63) is 0 Å². The quantitative estimate of drug-likeness (QED) is 0.240. The second-order valence-electron chi connectivity index (χ2n) is 3.73. The second kappa shape index (κ2) is 7.27. The van der Waals surface area contributed by atoms with Gasteiger partial charge in [0, 0.05) is 0 Å². The van der Waals surface area contributed by atoms with Gasteiger partial charge >= 0.3 is 5.97 Å². The van der Waals surface area contributed by atoms with Crippen molar-refractivity contribution in [3.63, 3.8) is 0 Å². The van der Waals surface area contributed by atoms with E-state index >= 15 is 0 Å². The Morgan fingerprint density at radius 3 is 2.53 bits per heavy atom. The average Bonchev–Trinajstić information content (AvgIpc) is 2.82. The Kier molecular flexibility index (Phi) is 5.97. The maximum absolute atomic E-state index is 11.4. The highest BCUT2D eigenvalue weighted by atomic mass is 35.5. The summed E-state index contributed by atoms with van der Waals surface area (Å²) >= 11 is 5.39. The van der Waals surface area contributed by atoms with Crippen molar-refractivity contribution in [2.24, 2.45) is 5.16 Å². The van der Waals surface area contributed by atoms with E-state index in [1.54, 1.807) is 6.92 Å². The smallest absolute Gasteiger partial charge is 0.364 e. The Balaban J connectivity index is 2.63. The summed E-state index contributed by atoms with van der Waals surface area (Å²) in [5, 5.41) is 3.60. The van der Waals surface area contributed by atoms with Gasteiger partial charge in [-0.1, -0.05) is 5.16 Å². The van der Waals surface area contributed by atoms with Crippen LogP contribution in [-0.4, -0.2) is 36.1 Å². The third kappa shape index (κ3) is 4.34. The van der Waals surface area contributed by atoms with E-state index in [0.717, 1.165) is 25.7 Å². The van der Waals surface area contributed by atoms with Gasteiger partial charge in [0.25, 0.3) is 0 Å². The molecule has 0 bridgehead atoms. The van der Waals surface area contributed by atoms with Gasteiger partial charge in [0.1, 0.15) is 6.10 Å². The van der Waals surface area contributed by atoms with Gasteiger partial charge in [0.15, 0.2) is 0 Å². The van der Waals surface area contributed by atoms with Crippen LogP contribution < -0.4 is 0 Å². The summed E-state index contributed by atoms with van der Waals surface area (Å²) in [4.78, 5) is 28.0. The molecule has 96 valence electrons. The highest BCUT2D eigenvalue weighted by Gasteiger charge is 2.23. The zero-order valence-corrected chi connectivity index (χ0v) is 10.5. The highest BCUT2D eigenvalue weighted by Crippen LogP contribution is 2.21. The number of alkyl halides is 1. The molecule has 1 rings (SSSR count). The predicted molar refractivity (Wildman–Crippen MR) is 63.1 cm³/mol. The topological polar surface area (TPSA) is 65.0 Å². The number of halogens is 1. The average molecular weight is 262 g/mol. The third-order valence-electron chi connectivity index (χ3n) is 2.45. The van der Waals surface area contributed by atoms with E-state index in [9.17, 15) is 9.59 Å². The largest absolute Gasteiger partial charge is 0.461 e. The van der Waals surface area contributed by atoms with E-state index in [4.69, 9.17) is 21.2 Å². The van der Waals surface area contributed by atoms with Crippen molar-refractivity contribution in [2.45, 2.75) is 38.7 Å². The highest BCUT2D eigenvalue weighted by molar-refractivity contribution is 6.67. The first-order valence-corrected chi connectivity index (χ1v) is 6.22. The molecule has 0 atom stereocenters. The van der Waals surface area contributed by atoms with Crippen LogP contribution in [0.1, 0.15) is 32.6 Å². The lowest BCUT2D eigenvalue weighted by molar-refractivity contribution is -0.136. The Labute approximate surface area is 105 Å². The normalized spacial score (nSPS) is 16.9. The van der Waals surface area contributed by atoms with Gasteiger partial charge in [-0.3, -0.25) is 4.79 Å². The Bertz CT molecular complexity index is 311. The minimum absolute atomic E-state index is 0.0115. The van der Waals surface area contributed by atoms with Gasteiger partial charge in [-0.15, -0.1) is 11.6 Å². The molecule has 0 spiro atoms. The predicted octanol–water partition coefficient (Wildman–Crippen LogP) is 1.67. The lowest BCUT2D eigenvalue weighted by Crippen LogP contribution is -2.28. The van der Waals surface area contributed by atoms with Gasteiger partial charge in [-0.2, -0.15) is 0 Å². The molecule has 0 aromatic heterocycles. The number of Topliss-reactive ketones (excluding diaryl/α,β-unsaturated/α-hetero) is 1. The summed E-state index contributed by atoms with van der Waals surface area (Å²) in [6.45, 7) is 1.83. The van der Waals surface area contributed by atoms with Crippen molar-refractivity contribution in [1.82, 2.24) is 0 Å². The van der Waals surface area contributed by atoms with Crippen molar-refractivity contribution in [3.8, 4) is 0 Å². The molecule has 6 heteroatoms. The molecule has 1 aliphatic rings. The van der Waals surface area contributed by atoms with Gasteiger partial charge in [-0.05, 0) is 32.6 Å². The van der Waals surface area contributed by atoms with E-state index in [1.165, 1.54) is 0 Å². The number of esters is 1. The lowest BCUT2D eigenvalue weighted by Gasteiger charge is -2.08. The number of nitrogens with zero attached hydrogens (tertiary/aromatic N) is 1. The van der Waals surface area contributed by atoms with E-state index in [2.05, 4.69) is 5.16 Å². The lowest BCUT2D eigenvalue weighted by atomic mass is 10.3. The van der Waals surface area contributed by atoms with Crippen LogP contribution in [0.2, 0.25) is 0 Å². The molecule has 1 aliphatic carbocycles. The molecular weight excluding hydrogens is 246 g/mol. The Morgan fingerprint density at radius 1 is 1.35 bits per heavy atom. The molecule has 5 nitrogen and oxygen atoms in total. The van der Waals surface area contributed by atoms with Gasteiger partial charge in [-0.25, -0.2) is 4.79 Å². The van der Waals surface area contributed by atoms with E-state index in [0.29, 0.717) is 0 Å². The molecule has 1 fully saturated rings. The van der Waals surface area contributed by atoms with E-state index in [-0.39, 0.29) is 24.3 Å². The first kappa shape index (κ1) is 14.0. The number of carbonyl (C=O) groups excluding carboxylic acids is 2. The first-order valence-electron chi connectivity index (χ1n) is 5.69. The van der Waals surface area contributed by atoms with Gasteiger partial charge in [0.05, 0.1) is 12.5 Å². The minimum atomic E-state index is -0.781. The molecule has 0 amide bonds. The SMILES string of the molecule is CCOC(=O)C(=NOC1CCCC1)C(=O)CCl. The van der Waals surface area contributed by atoms with Crippen molar-refractivity contribution >= 4 is 29.1 Å². The molecule has 0 aromatic rings. The van der Waals surface area contributed by atoms with Crippen LogP contribution in [-0.2, 0) is 19.2 Å². The third-order valence-corrected chi connectivity index (χ3v) is 2.69. The molecule has 0 N–H and O–H groups in total.